The van der Waals surface area contributed by atoms with Gasteiger partial charge in [0.2, 0.25) is 0 Å². The SMILES string of the molecule is O=C(O)COc1ccccc1/C=N/NS(=O)(=O)c1ccccc1. The Morgan fingerprint density at radius 1 is 1.13 bits per heavy atom. The molecule has 0 spiro atoms. The second kappa shape index (κ2) is 7.41. The molecule has 0 aliphatic rings. The van der Waals surface area contributed by atoms with Crippen LogP contribution in [0.2, 0.25) is 0 Å². The summed E-state index contributed by atoms with van der Waals surface area (Å²) in [5.74, 6) is -0.820. The average Bonchev–Trinajstić information content (AvgIpc) is 2.54. The number of para-hydroxylation sites is 1. The molecule has 0 saturated heterocycles. The number of nitrogens with one attached hydrogen (secondary N) is 1. The van der Waals surface area contributed by atoms with E-state index in [4.69, 9.17) is 9.84 Å². The largest absolute Gasteiger partial charge is 0.481 e. The van der Waals surface area contributed by atoms with Crippen molar-refractivity contribution in [3.8, 4) is 5.75 Å². The van der Waals surface area contributed by atoms with Crippen molar-refractivity contribution in [2.45, 2.75) is 4.90 Å². The maximum Gasteiger partial charge on any atom is 0.341 e. The summed E-state index contributed by atoms with van der Waals surface area (Å²) in [6.45, 7) is -0.499. The van der Waals surface area contributed by atoms with Gasteiger partial charge in [-0.2, -0.15) is 13.5 Å². The van der Waals surface area contributed by atoms with Crippen LogP contribution in [0.5, 0.6) is 5.75 Å². The first kappa shape index (κ1) is 16.5. The molecule has 23 heavy (non-hydrogen) atoms. The number of carboxylic acid groups (broad SMARTS) is 1. The highest BCUT2D eigenvalue weighted by molar-refractivity contribution is 7.89. The number of hydrogen-bond acceptors (Lipinski definition) is 5. The number of aliphatic carboxylic acids is 1. The molecule has 0 unspecified atom stereocenters. The molecule has 0 heterocycles. The zero-order valence-corrected chi connectivity index (χ0v) is 12.7. The number of ether oxygens (including phenoxy) is 1. The van der Waals surface area contributed by atoms with E-state index >= 15 is 0 Å². The molecular formula is C15H14N2O5S. The summed E-state index contributed by atoms with van der Waals surface area (Å²) in [6.07, 6.45) is 1.25. The van der Waals surface area contributed by atoms with Crippen LogP contribution in [0, 0.1) is 0 Å². The van der Waals surface area contributed by atoms with Crippen LogP contribution in [-0.2, 0) is 14.8 Å². The van der Waals surface area contributed by atoms with Gasteiger partial charge in [-0.25, -0.2) is 9.63 Å². The van der Waals surface area contributed by atoms with Crippen molar-refractivity contribution in [1.82, 2.24) is 4.83 Å². The third-order valence-electron chi connectivity index (χ3n) is 2.70. The Morgan fingerprint density at radius 2 is 1.78 bits per heavy atom. The van der Waals surface area contributed by atoms with Crippen LogP contribution in [0.15, 0.2) is 64.6 Å². The van der Waals surface area contributed by atoms with Crippen LogP contribution >= 0.6 is 0 Å². The Kier molecular flexibility index (Phi) is 5.32. The van der Waals surface area contributed by atoms with Crippen molar-refractivity contribution in [2.24, 2.45) is 5.10 Å². The lowest BCUT2D eigenvalue weighted by Crippen LogP contribution is -2.18. The molecule has 0 amide bonds. The highest BCUT2D eigenvalue weighted by Gasteiger charge is 2.11. The van der Waals surface area contributed by atoms with Crippen molar-refractivity contribution in [2.75, 3.05) is 6.61 Å². The Bertz CT molecular complexity index is 804. The quantitative estimate of drug-likeness (QED) is 0.589. The van der Waals surface area contributed by atoms with E-state index in [-0.39, 0.29) is 10.6 Å². The van der Waals surface area contributed by atoms with E-state index in [1.165, 1.54) is 18.3 Å². The summed E-state index contributed by atoms with van der Waals surface area (Å²) < 4.78 is 29.1. The number of nitrogens with zero attached hydrogens (tertiary/aromatic N) is 1. The normalized spacial score (nSPS) is 11.3. The van der Waals surface area contributed by atoms with Crippen molar-refractivity contribution in [1.29, 1.82) is 0 Å². The zero-order valence-electron chi connectivity index (χ0n) is 11.9. The monoisotopic (exact) mass is 334 g/mol. The van der Waals surface area contributed by atoms with Gasteiger partial charge >= 0.3 is 5.97 Å². The topological polar surface area (TPSA) is 105 Å². The summed E-state index contributed by atoms with van der Waals surface area (Å²) in [7, 11) is -3.75. The first-order valence-corrected chi connectivity index (χ1v) is 8.01. The lowest BCUT2D eigenvalue weighted by Gasteiger charge is -2.06. The van der Waals surface area contributed by atoms with Gasteiger partial charge in [0.15, 0.2) is 6.61 Å². The number of benzene rings is 2. The zero-order chi connectivity index (χ0) is 16.7. The molecule has 0 aliphatic carbocycles. The molecule has 7 nitrogen and oxygen atoms in total. The van der Waals surface area contributed by atoms with Crippen molar-refractivity contribution in [3.63, 3.8) is 0 Å². The summed E-state index contributed by atoms with van der Waals surface area (Å²) in [4.78, 5) is 12.7. The van der Waals surface area contributed by atoms with Gasteiger partial charge in [-0.05, 0) is 24.3 Å². The molecule has 2 aromatic rings. The molecule has 0 aromatic heterocycles. The number of hydrazone groups is 1. The Morgan fingerprint density at radius 3 is 2.48 bits per heavy atom. The molecule has 2 rings (SSSR count). The molecule has 0 saturated carbocycles. The smallest absolute Gasteiger partial charge is 0.341 e. The Labute approximate surface area is 133 Å². The fourth-order valence-electron chi connectivity index (χ4n) is 1.68. The molecule has 0 atom stereocenters. The molecule has 0 aliphatic heterocycles. The van der Waals surface area contributed by atoms with Crippen molar-refractivity contribution < 1.29 is 23.1 Å². The van der Waals surface area contributed by atoms with Gasteiger partial charge in [0.05, 0.1) is 11.1 Å². The minimum Gasteiger partial charge on any atom is -0.481 e. The highest BCUT2D eigenvalue weighted by Crippen LogP contribution is 2.15. The van der Waals surface area contributed by atoms with Gasteiger partial charge in [0, 0.05) is 5.56 Å². The second-order valence-electron chi connectivity index (χ2n) is 4.39. The van der Waals surface area contributed by atoms with Crippen molar-refractivity contribution in [3.05, 3.63) is 60.2 Å². The number of hydrogen-bond donors (Lipinski definition) is 2. The van der Waals surface area contributed by atoms with Crippen LogP contribution in [0.25, 0.3) is 0 Å². The standard InChI is InChI=1S/C15H14N2O5S/c18-15(19)11-22-14-9-5-4-6-12(14)10-16-17-23(20,21)13-7-2-1-3-8-13/h1-10,17H,11H2,(H,18,19)/b16-10+. The average molecular weight is 334 g/mol. The molecule has 2 N–H and O–H groups in total. The number of carbonyl (C=O) groups is 1. The van der Waals surface area contributed by atoms with E-state index in [9.17, 15) is 13.2 Å². The third-order valence-corrected chi connectivity index (χ3v) is 3.94. The van der Waals surface area contributed by atoms with E-state index in [1.807, 2.05) is 0 Å². The first-order chi connectivity index (χ1) is 11.0. The first-order valence-electron chi connectivity index (χ1n) is 6.52. The summed E-state index contributed by atoms with van der Waals surface area (Å²) in [6, 6.07) is 14.4. The summed E-state index contributed by atoms with van der Waals surface area (Å²) in [5.41, 5.74) is 0.449. The predicted molar refractivity (Wildman–Crippen MR) is 83.9 cm³/mol. The summed E-state index contributed by atoms with van der Waals surface area (Å²) in [5, 5.41) is 12.3. The third kappa shape index (κ3) is 4.82. The number of carboxylic acids is 1. The van der Waals surface area contributed by atoms with Crippen LogP contribution in [0.4, 0.5) is 0 Å². The van der Waals surface area contributed by atoms with Crippen LogP contribution in [-0.4, -0.2) is 32.3 Å². The molecule has 0 bridgehead atoms. The van der Waals surface area contributed by atoms with Gasteiger partial charge in [0.1, 0.15) is 5.75 Å². The van der Waals surface area contributed by atoms with E-state index in [0.29, 0.717) is 5.56 Å². The van der Waals surface area contributed by atoms with E-state index in [2.05, 4.69) is 9.93 Å². The Hall–Kier alpha value is -2.87. The number of rotatable bonds is 7. The summed E-state index contributed by atoms with van der Waals surface area (Å²) >= 11 is 0. The van der Waals surface area contributed by atoms with Gasteiger partial charge in [-0.15, -0.1) is 0 Å². The lowest BCUT2D eigenvalue weighted by atomic mass is 10.2. The van der Waals surface area contributed by atoms with E-state index < -0.39 is 22.6 Å². The number of sulfonamides is 1. The fourth-order valence-corrected chi connectivity index (χ4v) is 2.49. The molecule has 0 radical (unpaired) electrons. The lowest BCUT2D eigenvalue weighted by molar-refractivity contribution is -0.139. The van der Waals surface area contributed by atoms with Gasteiger partial charge in [-0.1, -0.05) is 30.3 Å². The maximum atomic E-state index is 12.0. The van der Waals surface area contributed by atoms with E-state index in [1.54, 1.807) is 42.5 Å². The molecule has 0 fully saturated rings. The van der Waals surface area contributed by atoms with Crippen LogP contribution in [0.1, 0.15) is 5.56 Å². The van der Waals surface area contributed by atoms with Crippen molar-refractivity contribution >= 4 is 22.2 Å². The van der Waals surface area contributed by atoms with Gasteiger partial charge in [0.25, 0.3) is 10.0 Å². The van der Waals surface area contributed by atoms with Gasteiger partial charge in [-0.3, -0.25) is 0 Å². The molecule has 2 aromatic carbocycles. The Balaban J connectivity index is 2.10. The molecule has 120 valence electrons. The van der Waals surface area contributed by atoms with E-state index in [0.717, 1.165) is 0 Å². The molecule has 8 heteroatoms. The minimum atomic E-state index is -3.75. The predicted octanol–water partition coefficient (Wildman–Crippen LogP) is 1.46. The second-order valence-corrected chi connectivity index (χ2v) is 6.05. The van der Waals surface area contributed by atoms with Gasteiger partial charge < -0.3 is 9.84 Å². The fraction of sp³-hybridized carbons (Fsp3) is 0.0667. The maximum absolute atomic E-state index is 12.0. The highest BCUT2D eigenvalue weighted by atomic mass is 32.2. The van der Waals surface area contributed by atoms with Crippen LogP contribution in [0.3, 0.4) is 0 Å². The minimum absolute atomic E-state index is 0.0903. The van der Waals surface area contributed by atoms with Crippen LogP contribution < -0.4 is 9.57 Å². The molecular weight excluding hydrogens is 320 g/mol.